The number of fused-ring (bicyclic) bond motifs is 1. The first kappa shape index (κ1) is 21.8. The van der Waals surface area contributed by atoms with Crippen molar-refractivity contribution in [2.24, 2.45) is 0 Å². The quantitative estimate of drug-likeness (QED) is 0.482. The molecule has 30 heavy (non-hydrogen) atoms. The van der Waals surface area contributed by atoms with E-state index in [-0.39, 0.29) is 47.6 Å². The Balaban J connectivity index is 1.73. The maximum absolute atomic E-state index is 12.4. The summed E-state index contributed by atoms with van der Waals surface area (Å²) in [6.45, 7) is 1.44. The molecule has 0 bridgehead atoms. The monoisotopic (exact) mass is 437 g/mol. The van der Waals surface area contributed by atoms with Gasteiger partial charge in [-0.15, -0.1) is 0 Å². The molecule has 1 aromatic carbocycles. The van der Waals surface area contributed by atoms with Crippen LogP contribution in [-0.4, -0.2) is 63.5 Å². The van der Waals surface area contributed by atoms with Gasteiger partial charge in [0.25, 0.3) is 5.91 Å². The number of rotatable bonds is 6. The van der Waals surface area contributed by atoms with Gasteiger partial charge in [0.2, 0.25) is 0 Å². The van der Waals surface area contributed by atoms with Crippen LogP contribution in [-0.2, 0) is 30.6 Å². The van der Waals surface area contributed by atoms with Crippen molar-refractivity contribution in [2.45, 2.75) is 25.8 Å². The molecule has 3 rings (SSSR count). The Morgan fingerprint density at radius 1 is 1.30 bits per heavy atom. The van der Waals surface area contributed by atoms with Gasteiger partial charge in [0.1, 0.15) is 11.3 Å². The number of hydrogen-bond donors (Lipinski definition) is 0. The molecular formula is C20H23NO8S. The number of nitrogens with zero attached hydrogens (tertiary/aromatic N) is 1. The fraction of sp³-hybridized carbons (Fsp3) is 0.450. The lowest BCUT2D eigenvalue weighted by Gasteiger charge is -2.23. The smallest absolute Gasteiger partial charge is 0.340 e. The van der Waals surface area contributed by atoms with Crippen LogP contribution in [0, 0.1) is 6.92 Å². The Hall–Kier alpha value is -2.88. The Kier molecular flexibility index (Phi) is 6.16. The highest BCUT2D eigenvalue weighted by Gasteiger charge is 2.32. The number of sulfone groups is 1. The van der Waals surface area contributed by atoms with Crippen molar-refractivity contribution < 1.29 is 31.9 Å². The number of ether oxygens (including phenoxy) is 2. The van der Waals surface area contributed by atoms with Crippen LogP contribution in [0.25, 0.3) is 11.0 Å². The summed E-state index contributed by atoms with van der Waals surface area (Å²) in [5, 5.41) is 0.639. The molecule has 1 atom stereocenters. The largest absolute Gasteiger partial charge is 0.484 e. The van der Waals surface area contributed by atoms with Gasteiger partial charge in [-0.3, -0.25) is 9.59 Å². The molecule has 0 aliphatic carbocycles. The van der Waals surface area contributed by atoms with Crippen LogP contribution in [0.3, 0.4) is 0 Å². The van der Waals surface area contributed by atoms with Crippen LogP contribution in [0.4, 0.5) is 0 Å². The van der Waals surface area contributed by atoms with Crippen molar-refractivity contribution in [3.05, 3.63) is 39.7 Å². The molecular weight excluding hydrogens is 414 g/mol. The molecule has 0 radical (unpaired) electrons. The number of hydrogen-bond acceptors (Lipinski definition) is 8. The van der Waals surface area contributed by atoms with Gasteiger partial charge in [0, 0.05) is 24.5 Å². The summed E-state index contributed by atoms with van der Waals surface area (Å²) in [6, 6.07) is 4.46. The molecule has 0 N–H and O–H groups in total. The van der Waals surface area contributed by atoms with Crippen molar-refractivity contribution in [1.82, 2.24) is 4.90 Å². The molecule has 0 spiro atoms. The molecule has 1 unspecified atom stereocenters. The summed E-state index contributed by atoms with van der Waals surface area (Å²) in [6.07, 6.45) is 0.232. The SMILES string of the molecule is COC(=O)Cc1c(C)c2ccc(OCC(=O)N(C)C3CCS(=O)(=O)C3)cc2oc1=O. The minimum absolute atomic E-state index is 0.0381. The van der Waals surface area contributed by atoms with Crippen molar-refractivity contribution in [3.8, 4) is 5.75 Å². The minimum atomic E-state index is -3.09. The van der Waals surface area contributed by atoms with E-state index >= 15 is 0 Å². The van der Waals surface area contributed by atoms with Gasteiger partial charge >= 0.3 is 11.6 Å². The van der Waals surface area contributed by atoms with Crippen LogP contribution >= 0.6 is 0 Å². The molecule has 0 saturated carbocycles. The van der Waals surface area contributed by atoms with E-state index in [1.165, 1.54) is 18.1 Å². The number of aryl methyl sites for hydroxylation is 1. The number of carbonyl (C=O) groups is 2. The molecule has 1 aliphatic heterocycles. The van der Waals surface area contributed by atoms with Crippen molar-refractivity contribution in [1.29, 1.82) is 0 Å². The Labute approximate surface area is 173 Å². The maximum Gasteiger partial charge on any atom is 0.340 e. The maximum atomic E-state index is 12.4. The van der Waals surface area contributed by atoms with Gasteiger partial charge in [0.15, 0.2) is 16.4 Å². The summed E-state index contributed by atoms with van der Waals surface area (Å²) in [7, 11) is -0.290. The molecule has 1 aromatic heterocycles. The van der Waals surface area contributed by atoms with E-state index in [0.29, 0.717) is 23.1 Å². The van der Waals surface area contributed by atoms with E-state index < -0.39 is 21.4 Å². The molecule has 162 valence electrons. The summed E-state index contributed by atoms with van der Waals surface area (Å²) >= 11 is 0. The molecule has 9 nitrogen and oxygen atoms in total. The van der Waals surface area contributed by atoms with Crippen molar-refractivity contribution in [2.75, 3.05) is 32.3 Å². The fourth-order valence-corrected chi connectivity index (χ4v) is 5.19. The third-order valence-electron chi connectivity index (χ3n) is 5.32. The highest BCUT2D eigenvalue weighted by molar-refractivity contribution is 7.91. The van der Waals surface area contributed by atoms with Gasteiger partial charge in [-0.05, 0) is 31.0 Å². The van der Waals surface area contributed by atoms with Gasteiger partial charge in [-0.1, -0.05) is 0 Å². The summed E-state index contributed by atoms with van der Waals surface area (Å²) in [4.78, 5) is 37.5. The minimum Gasteiger partial charge on any atom is -0.484 e. The van der Waals surface area contributed by atoms with Crippen LogP contribution < -0.4 is 10.4 Å². The zero-order chi connectivity index (χ0) is 22.1. The second kappa shape index (κ2) is 8.47. The topological polar surface area (TPSA) is 120 Å². The van der Waals surface area contributed by atoms with E-state index in [9.17, 15) is 22.8 Å². The molecule has 2 aromatic rings. The highest BCUT2D eigenvalue weighted by Crippen LogP contribution is 2.25. The van der Waals surface area contributed by atoms with Crippen LogP contribution in [0.1, 0.15) is 17.5 Å². The molecule has 1 saturated heterocycles. The lowest BCUT2D eigenvalue weighted by Crippen LogP contribution is -2.40. The molecule has 1 amide bonds. The zero-order valence-electron chi connectivity index (χ0n) is 17.0. The van der Waals surface area contributed by atoms with Crippen molar-refractivity contribution >= 4 is 32.7 Å². The van der Waals surface area contributed by atoms with Crippen molar-refractivity contribution in [3.63, 3.8) is 0 Å². The summed E-state index contributed by atoms with van der Waals surface area (Å²) in [5.74, 6) is -0.516. The molecule has 1 fully saturated rings. The fourth-order valence-electron chi connectivity index (χ4n) is 3.42. The van der Waals surface area contributed by atoms with Gasteiger partial charge in [-0.25, -0.2) is 13.2 Å². The average molecular weight is 437 g/mol. The first-order valence-electron chi connectivity index (χ1n) is 9.33. The Bertz CT molecular complexity index is 1150. The summed E-state index contributed by atoms with van der Waals surface area (Å²) in [5.41, 5.74) is 0.467. The zero-order valence-corrected chi connectivity index (χ0v) is 17.8. The second-order valence-corrected chi connectivity index (χ2v) is 9.48. The van der Waals surface area contributed by atoms with Crippen LogP contribution in [0.5, 0.6) is 5.75 Å². The number of methoxy groups -OCH3 is 1. The number of amides is 1. The van der Waals surface area contributed by atoms with Gasteiger partial charge in [0.05, 0.1) is 30.6 Å². The number of likely N-dealkylation sites (N-methyl/N-ethyl adjacent to an activating group) is 1. The third-order valence-corrected chi connectivity index (χ3v) is 7.07. The number of carbonyl (C=O) groups excluding carboxylic acids is 2. The van der Waals surface area contributed by atoms with E-state index in [0.717, 1.165) is 0 Å². The lowest BCUT2D eigenvalue weighted by molar-refractivity contribution is -0.139. The first-order valence-corrected chi connectivity index (χ1v) is 11.2. The van der Waals surface area contributed by atoms with E-state index in [1.54, 1.807) is 26.1 Å². The second-order valence-electron chi connectivity index (χ2n) is 7.25. The Morgan fingerprint density at radius 3 is 2.67 bits per heavy atom. The Morgan fingerprint density at radius 2 is 2.03 bits per heavy atom. The van der Waals surface area contributed by atoms with Crippen LogP contribution in [0.15, 0.2) is 27.4 Å². The summed E-state index contributed by atoms with van der Waals surface area (Å²) < 4.78 is 38.6. The van der Waals surface area contributed by atoms with E-state index in [1.807, 2.05) is 0 Å². The van der Waals surface area contributed by atoms with Gasteiger partial charge < -0.3 is 18.8 Å². The third kappa shape index (κ3) is 4.64. The number of esters is 1. The highest BCUT2D eigenvalue weighted by atomic mass is 32.2. The predicted molar refractivity (Wildman–Crippen MR) is 108 cm³/mol. The molecule has 2 heterocycles. The normalized spacial score (nSPS) is 17.6. The van der Waals surface area contributed by atoms with Crippen LogP contribution in [0.2, 0.25) is 0 Å². The molecule has 1 aliphatic rings. The lowest BCUT2D eigenvalue weighted by atomic mass is 10.0. The van der Waals surface area contributed by atoms with E-state index in [2.05, 4.69) is 4.74 Å². The number of benzene rings is 1. The average Bonchev–Trinajstić information content (AvgIpc) is 3.07. The predicted octanol–water partition coefficient (Wildman–Crippen LogP) is 0.841. The molecule has 10 heteroatoms. The standard InChI is InChI=1S/C20H23NO8S/c1-12-15-5-4-14(8-17(15)29-20(24)16(12)9-19(23)27-3)28-10-18(22)21(2)13-6-7-30(25,26)11-13/h4-5,8,13H,6-7,9-11H2,1-3H3. The van der Waals surface area contributed by atoms with Gasteiger partial charge in [-0.2, -0.15) is 0 Å². The first-order chi connectivity index (χ1) is 14.1. The van der Waals surface area contributed by atoms with E-state index in [4.69, 9.17) is 9.15 Å².